The first-order valence-electron chi connectivity index (χ1n) is 7.40. The zero-order valence-electron chi connectivity index (χ0n) is 11.2. The van der Waals surface area contributed by atoms with Crippen molar-refractivity contribution in [2.75, 3.05) is 11.4 Å². The number of alkyl halides is 1. The van der Waals surface area contributed by atoms with Crippen molar-refractivity contribution < 1.29 is 0 Å². The summed E-state index contributed by atoms with van der Waals surface area (Å²) in [5.41, 5.74) is 2.56. The van der Waals surface area contributed by atoms with E-state index in [9.17, 15) is 0 Å². The number of hydrogen-bond acceptors (Lipinski definition) is 1. The highest BCUT2D eigenvalue weighted by Crippen LogP contribution is 2.38. The molecule has 1 aromatic rings. The van der Waals surface area contributed by atoms with E-state index < -0.39 is 0 Å². The van der Waals surface area contributed by atoms with Crippen molar-refractivity contribution >= 4 is 33.2 Å². The topological polar surface area (TPSA) is 3.24 Å². The SMILES string of the molecule is ClCc1ccc(N2CCC[C@H]3CCCC[C@H]32)cc1Br. The van der Waals surface area contributed by atoms with Gasteiger partial charge in [-0.2, -0.15) is 0 Å². The molecular formula is C16H21BrClN. The highest BCUT2D eigenvalue weighted by Gasteiger charge is 2.33. The molecule has 1 aromatic carbocycles. The monoisotopic (exact) mass is 341 g/mol. The van der Waals surface area contributed by atoms with Crippen LogP contribution in [-0.2, 0) is 5.88 Å². The number of benzene rings is 1. The fourth-order valence-electron chi connectivity index (χ4n) is 3.77. The molecule has 2 aliphatic rings. The lowest BCUT2D eigenvalue weighted by Crippen LogP contribution is -2.46. The molecule has 1 aliphatic carbocycles. The lowest BCUT2D eigenvalue weighted by Gasteiger charge is -2.45. The Kier molecular flexibility index (Phi) is 4.38. The van der Waals surface area contributed by atoms with Crippen molar-refractivity contribution in [2.45, 2.75) is 50.4 Å². The van der Waals surface area contributed by atoms with Crippen LogP contribution in [0.1, 0.15) is 44.1 Å². The molecule has 1 heterocycles. The lowest BCUT2D eigenvalue weighted by molar-refractivity contribution is 0.244. The molecule has 3 heteroatoms. The first-order valence-corrected chi connectivity index (χ1v) is 8.73. The van der Waals surface area contributed by atoms with Crippen LogP contribution in [0, 0.1) is 5.92 Å². The van der Waals surface area contributed by atoms with E-state index in [0.29, 0.717) is 5.88 Å². The van der Waals surface area contributed by atoms with Gasteiger partial charge in [-0.3, -0.25) is 0 Å². The predicted octanol–water partition coefficient (Wildman–Crippen LogP) is 5.35. The predicted molar refractivity (Wildman–Crippen MR) is 86.0 cm³/mol. The fraction of sp³-hybridized carbons (Fsp3) is 0.625. The van der Waals surface area contributed by atoms with Crippen LogP contribution in [0.2, 0.25) is 0 Å². The average Bonchev–Trinajstić information content (AvgIpc) is 2.46. The van der Waals surface area contributed by atoms with Gasteiger partial charge in [0.05, 0.1) is 0 Å². The van der Waals surface area contributed by atoms with Crippen molar-refractivity contribution in [3.63, 3.8) is 0 Å². The summed E-state index contributed by atoms with van der Waals surface area (Å²) in [5.74, 6) is 1.50. The van der Waals surface area contributed by atoms with Crippen LogP contribution in [0.15, 0.2) is 22.7 Å². The van der Waals surface area contributed by atoms with Gasteiger partial charge in [-0.25, -0.2) is 0 Å². The van der Waals surface area contributed by atoms with Gasteiger partial charge in [-0.15, -0.1) is 11.6 Å². The van der Waals surface area contributed by atoms with Gasteiger partial charge in [-0.1, -0.05) is 34.8 Å². The normalized spacial score (nSPS) is 27.2. The van der Waals surface area contributed by atoms with Crippen LogP contribution in [0.4, 0.5) is 5.69 Å². The Morgan fingerprint density at radius 3 is 2.74 bits per heavy atom. The summed E-state index contributed by atoms with van der Waals surface area (Å²) in [6, 6.07) is 7.45. The molecule has 0 bridgehead atoms. The standard InChI is InChI=1S/C16H21BrClN/c17-15-10-14(8-7-13(15)11-18)19-9-3-5-12-4-1-2-6-16(12)19/h7-8,10,12,16H,1-6,9,11H2/t12-,16-/m1/s1. The zero-order valence-corrected chi connectivity index (χ0v) is 13.6. The first kappa shape index (κ1) is 13.8. The van der Waals surface area contributed by atoms with Gasteiger partial charge in [0.1, 0.15) is 0 Å². The van der Waals surface area contributed by atoms with Crippen LogP contribution in [-0.4, -0.2) is 12.6 Å². The molecule has 2 atom stereocenters. The number of halogens is 2. The summed E-state index contributed by atoms with van der Waals surface area (Å²) < 4.78 is 1.15. The van der Waals surface area contributed by atoms with Crippen molar-refractivity contribution in [1.82, 2.24) is 0 Å². The molecule has 0 radical (unpaired) electrons. The van der Waals surface area contributed by atoms with Gasteiger partial charge >= 0.3 is 0 Å². The summed E-state index contributed by atoms with van der Waals surface area (Å²) in [5, 5.41) is 0. The van der Waals surface area contributed by atoms with E-state index in [1.807, 2.05) is 0 Å². The Balaban J connectivity index is 1.85. The van der Waals surface area contributed by atoms with E-state index >= 15 is 0 Å². The van der Waals surface area contributed by atoms with Crippen molar-refractivity contribution in [3.8, 4) is 0 Å². The zero-order chi connectivity index (χ0) is 13.2. The van der Waals surface area contributed by atoms with Gasteiger partial charge < -0.3 is 4.90 Å². The molecule has 2 fully saturated rings. The third-order valence-electron chi connectivity index (χ3n) is 4.76. The minimum atomic E-state index is 0.576. The minimum absolute atomic E-state index is 0.576. The van der Waals surface area contributed by atoms with Crippen LogP contribution < -0.4 is 4.90 Å². The van der Waals surface area contributed by atoms with Gasteiger partial charge in [0.15, 0.2) is 0 Å². The molecule has 0 aromatic heterocycles. The van der Waals surface area contributed by atoms with Crippen LogP contribution >= 0.6 is 27.5 Å². The third-order valence-corrected chi connectivity index (χ3v) is 5.78. The summed E-state index contributed by atoms with van der Waals surface area (Å²) >= 11 is 9.59. The number of rotatable bonds is 2. The van der Waals surface area contributed by atoms with E-state index in [1.54, 1.807) is 0 Å². The molecule has 19 heavy (non-hydrogen) atoms. The Morgan fingerprint density at radius 2 is 1.95 bits per heavy atom. The quantitative estimate of drug-likeness (QED) is 0.655. The number of fused-ring (bicyclic) bond motifs is 1. The second-order valence-corrected chi connectivity index (χ2v) is 6.98. The van der Waals surface area contributed by atoms with Crippen molar-refractivity contribution in [2.24, 2.45) is 5.92 Å². The first-order chi connectivity index (χ1) is 9.29. The molecule has 104 valence electrons. The number of nitrogens with zero attached hydrogens (tertiary/aromatic N) is 1. The van der Waals surface area contributed by atoms with E-state index in [1.165, 1.54) is 56.3 Å². The van der Waals surface area contributed by atoms with Gasteiger partial charge in [0.25, 0.3) is 0 Å². The average molecular weight is 343 g/mol. The number of piperidine rings is 1. The summed E-state index contributed by atoms with van der Waals surface area (Å²) in [4.78, 5) is 2.65. The van der Waals surface area contributed by atoms with Crippen LogP contribution in [0.25, 0.3) is 0 Å². The summed E-state index contributed by atoms with van der Waals surface area (Å²) in [6.45, 7) is 1.22. The number of hydrogen-bond donors (Lipinski definition) is 0. The molecule has 1 saturated carbocycles. The second-order valence-electron chi connectivity index (χ2n) is 5.86. The molecule has 3 rings (SSSR count). The Bertz CT molecular complexity index is 446. The van der Waals surface area contributed by atoms with Gasteiger partial charge in [0.2, 0.25) is 0 Å². The van der Waals surface area contributed by atoms with Crippen LogP contribution in [0.3, 0.4) is 0 Å². The Morgan fingerprint density at radius 1 is 1.16 bits per heavy atom. The van der Waals surface area contributed by atoms with E-state index in [0.717, 1.165) is 16.4 Å². The molecule has 1 aliphatic heterocycles. The molecule has 0 spiro atoms. The molecular weight excluding hydrogens is 322 g/mol. The Hall–Kier alpha value is -0.210. The van der Waals surface area contributed by atoms with E-state index in [4.69, 9.17) is 11.6 Å². The smallest absolute Gasteiger partial charge is 0.0485 e. The highest BCUT2D eigenvalue weighted by molar-refractivity contribution is 9.10. The fourth-order valence-corrected chi connectivity index (χ4v) is 4.67. The summed E-state index contributed by atoms with van der Waals surface area (Å²) in [7, 11) is 0. The van der Waals surface area contributed by atoms with E-state index in [-0.39, 0.29) is 0 Å². The molecule has 0 N–H and O–H groups in total. The van der Waals surface area contributed by atoms with Crippen molar-refractivity contribution in [1.29, 1.82) is 0 Å². The maximum atomic E-state index is 5.94. The number of anilines is 1. The molecule has 1 nitrogen and oxygen atoms in total. The van der Waals surface area contributed by atoms with Gasteiger partial charge in [-0.05, 0) is 49.3 Å². The van der Waals surface area contributed by atoms with Crippen molar-refractivity contribution in [3.05, 3.63) is 28.2 Å². The molecule has 0 unspecified atom stereocenters. The lowest BCUT2D eigenvalue weighted by atomic mass is 9.78. The largest absolute Gasteiger partial charge is 0.368 e. The highest BCUT2D eigenvalue weighted by atomic mass is 79.9. The maximum absolute atomic E-state index is 5.94. The minimum Gasteiger partial charge on any atom is -0.368 e. The molecule has 0 amide bonds. The molecule has 1 saturated heterocycles. The maximum Gasteiger partial charge on any atom is 0.0485 e. The Labute approximate surface area is 129 Å². The summed E-state index contributed by atoms with van der Waals surface area (Å²) in [6.07, 6.45) is 8.42. The van der Waals surface area contributed by atoms with Crippen LogP contribution in [0.5, 0.6) is 0 Å². The second kappa shape index (κ2) is 6.05. The third kappa shape index (κ3) is 2.80. The van der Waals surface area contributed by atoms with Gasteiger partial charge in [0, 0.05) is 28.6 Å². The van der Waals surface area contributed by atoms with E-state index in [2.05, 4.69) is 39.0 Å².